The van der Waals surface area contributed by atoms with Crippen molar-refractivity contribution in [3.8, 4) is 0 Å². The van der Waals surface area contributed by atoms with Crippen molar-refractivity contribution in [2.75, 3.05) is 0 Å². The van der Waals surface area contributed by atoms with E-state index < -0.39 is 0 Å². The van der Waals surface area contributed by atoms with Crippen molar-refractivity contribution in [1.82, 2.24) is 0 Å². The van der Waals surface area contributed by atoms with E-state index >= 15 is 0 Å². The van der Waals surface area contributed by atoms with Gasteiger partial charge in [-0.2, -0.15) is 0 Å². The van der Waals surface area contributed by atoms with Crippen LogP contribution in [0.25, 0.3) is 0 Å². The molecule has 0 aromatic heterocycles. The molecule has 2 aliphatic rings. The molecule has 0 N–H and O–H groups in total. The number of hydrogen-bond donors (Lipinski definition) is 0. The molecule has 0 aromatic carbocycles. The molecule has 0 heterocycles. The quantitative estimate of drug-likeness (QED) is 0.486. The van der Waals surface area contributed by atoms with Gasteiger partial charge < -0.3 is 0 Å². The molecule has 0 bridgehead atoms. The van der Waals surface area contributed by atoms with Crippen molar-refractivity contribution in [3.63, 3.8) is 0 Å². The van der Waals surface area contributed by atoms with Crippen molar-refractivity contribution in [2.24, 2.45) is 23.7 Å². The Bertz CT molecular complexity index is 155. The topological polar surface area (TPSA) is 0 Å². The van der Waals surface area contributed by atoms with Gasteiger partial charge in [0.25, 0.3) is 0 Å². The minimum atomic E-state index is 0.915. The second-order valence-electron chi connectivity index (χ2n) is 4.07. The van der Waals surface area contributed by atoms with Crippen LogP contribution in [0.5, 0.6) is 0 Å². The molecule has 3 unspecified atom stereocenters. The Morgan fingerprint density at radius 3 is 2.70 bits per heavy atom. The molecule has 2 aliphatic carbocycles. The van der Waals surface area contributed by atoms with Gasteiger partial charge in [0.05, 0.1) is 0 Å². The normalized spacial score (nSPS) is 43.7. The summed E-state index contributed by atoms with van der Waals surface area (Å²) < 4.78 is 0. The second-order valence-corrected chi connectivity index (χ2v) is 4.07. The third-order valence-corrected chi connectivity index (χ3v) is 3.09. The Labute approximate surface area is 63.3 Å². The molecular formula is C10H16. The van der Waals surface area contributed by atoms with Gasteiger partial charge in [-0.1, -0.05) is 26.0 Å². The van der Waals surface area contributed by atoms with Crippen molar-refractivity contribution in [2.45, 2.75) is 26.7 Å². The highest BCUT2D eigenvalue weighted by atomic mass is 14.5. The van der Waals surface area contributed by atoms with E-state index in [1.54, 1.807) is 0 Å². The summed E-state index contributed by atoms with van der Waals surface area (Å²) in [6.45, 7) is 4.72. The van der Waals surface area contributed by atoms with Crippen LogP contribution in [0.15, 0.2) is 12.2 Å². The molecule has 0 spiro atoms. The zero-order valence-electron chi connectivity index (χ0n) is 6.88. The van der Waals surface area contributed by atoms with Crippen molar-refractivity contribution in [3.05, 3.63) is 12.2 Å². The lowest BCUT2D eigenvalue weighted by molar-refractivity contribution is 0.504. The smallest absolute Gasteiger partial charge is 0.0168 e. The molecule has 1 saturated carbocycles. The molecule has 1 fully saturated rings. The fraction of sp³-hybridized carbons (Fsp3) is 0.800. The summed E-state index contributed by atoms with van der Waals surface area (Å²) in [6.07, 6.45) is 7.61. The first-order chi connectivity index (χ1) is 4.80. The van der Waals surface area contributed by atoms with E-state index in [-0.39, 0.29) is 0 Å². The third kappa shape index (κ3) is 0.817. The first kappa shape index (κ1) is 6.45. The number of allylic oxidation sites excluding steroid dienone is 2. The van der Waals surface area contributed by atoms with Crippen LogP contribution in [-0.4, -0.2) is 0 Å². The van der Waals surface area contributed by atoms with Crippen LogP contribution in [0.1, 0.15) is 26.7 Å². The first-order valence-electron chi connectivity index (χ1n) is 4.47. The Hall–Kier alpha value is -0.260. The van der Waals surface area contributed by atoms with Crippen LogP contribution in [-0.2, 0) is 0 Å². The van der Waals surface area contributed by atoms with Crippen LogP contribution in [0.4, 0.5) is 0 Å². The highest BCUT2D eigenvalue weighted by Gasteiger charge is 2.49. The highest BCUT2D eigenvalue weighted by molar-refractivity contribution is 5.13. The Balaban J connectivity index is 2.02. The van der Waals surface area contributed by atoms with E-state index in [4.69, 9.17) is 0 Å². The average Bonchev–Trinajstić information content (AvgIpc) is 2.60. The van der Waals surface area contributed by atoms with Crippen molar-refractivity contribution in [1.29, 1.82) is 0 Å². The summed E-state index contributed by atoms with van der Waals surface area (Å²) in [6, 6.07) is 0. The summed E-state index contributed by atoms with van der Waals surface area (Å²) in [5.41, 5.74) is 0. The van der Waals surface area contributed by atoms with E-state index in [1.165, 1.54) is 12.8 Å². The molecule has 0 aromatic rings. The van der Waals surface area contributed by atoms with E-state index in [0.29, 0.717) is 0 Å². The van der Waals surface area contributed by atoms with Gasteiger partial charge in [-0.3, -0.25) is 0 Å². The number of rotatable bonds is 1. The molecule has 2 rings (SSSR count). The molecule has 0 radical (unpaired) electrons. The highest BCUT2D eigenvalue weighted by Crippen LogP contribution is 2.56. The van der Waals surface area contributed by atoms with Crippen molar-refractivity contribution >= 4 is 0 Å². The standard InChI is InChI=1S/C10H16/c1-7(2)10-8-5-3-4-6-9(8)10/h3,5,7-10H,4,6H2,1-2H3. The maximum atomic E-state index is 2.44. The third-order valence-electron chi connectivity index (χ3n) is 3.09. The van der Waals surface area contributed by atoms with Gasteiger partial charge in [-0.25, -0.2) is 0 Å². The lowest BCUT2D eigenvalue weighted by atomic mass is 10.1. The molecule has 10 heavy (non-hydrogen) atoms. The molecule has 0 saturated heterocycles. The molecule has 0 nitrogen and oxygen atoms in total. The maximum Gasteiger partial charge on any atom is -0.0168 e. The minimum Gasteiger partial charge on any atom is -0.0882 e. The minimum absolute atomic E-state index is 0.915. The molecule has 0 aliphatic heterocycles. The monoisotopic (exact) mass is 136 g/mol. The maximum absolute atomic E-state index is 2.44. The first-order valence-corrected chi connectivity index (χ1v) is 4.47. The lowest BCUT2D eigenvalue weighted by Crippen LogP contribution is -1.91. The van der Waals surface area contributed by atoms with E-state index in [2.05, 4.69) is 26.0 Å². The van der Waals surface area contributed by atoms with Crippen molar-refractivity contribution < 1.29 is 0 Å². The summed E-state index contributed by atoms with van der Waals surface area (Å²) >= 11 is 0. The lowest BCUT2D eigenvalue weighted by Gasteiger charge is -1.99. The Morgan fingerprint density at radius 1 is 1.40 bits per heavy atom. The van der Waals surface area contributed by atoms with Gasteiger partial charge >= 0.3 is 0 Å². The molecular weight excluding hydrogens is 120 g/mol. The summed E-state index contributed by atoms with van der Waals surface area (Å²) in [5.74, 6) is 4.01. The zero-order valence-corrected chi connectivity index (χ0v) is 6.88. The van der Waals surface area contributed by atoms with Gasteiger partial charge in [-0.15, -0.1) is 0 Å². The summed E-state index contributed by atoms with van der Waals surface area (Å²) in [4.78, 5) is 0. The predicted octanol–water partition coefficient (Wildman–Crippen LogP) is 2.85. The average molecular weight is 136 g/mol. The van der Waals surface area contributed by atoms with Crippen LogP contribution in [0.2, 0.25) is 0 Å². The number of hydrogen-bond acceptors (Lipinski definition) is 0. The Morgan fingerprint density at radius 2 is 2.20 bits per heavy atom. The fourth-order valence-electron chi connectivity index (χ4n) is 2.56. The van der Waals surface area contributed by atoms with Crippen LogP contribution in [0, 0.1) is 23.7 Å². The predicted molar refractivity (Wildman–Crippen MR) is 43.7 cm³/mol. The van der Waals surface area contributed by atoms with E-state index in [9.17, 15) is 0 Å². The van der Waals surface area contributed by atoms with Gasteiger partial charge in [0.15, 0.2) is 0 Å². The second kappa shape index (κ2) is 2.11. The molecule has 56 valence electrons. The van der Waals surface area contributed by atoms with Crippen LogP contribution in [0.3, 0.4) is 0 Å². The SMILES string of the molecule is CC(C)C1C2C=CCCC21. The van der Waals surface area contributed by atoms with Gasteiger partial charge in [0.2, 0.25) is 0 Å². The van der Waals surface area contributed by atoms with Crippen LogP contribution < -0.4 is 0 Å². The van der Waals surface area contributed by atoms with Gasteiger partial charge in [0.1, 0.15) is 0 Å². The number of fused-ring (bicyclic) bond motifs is 1. The van der Waals surface area contributed by atoms with Crippen LogP contribution >= 0.6 is 0 Å². The summed E-state index contributed by atoms with van der Waals surface area (Å²) in [7, 11) is 0. The Kier molecular flexibility index (Phi) is 1.36. The van der Waals surface area contributed by atoms with E-state index in [1.807, 2.05) is 0 Å². The largest absolute Gasteiger partial charge is 0.0882 e. The van der Waals surface area contributed by atoms with Gasteiger partial charge in [0, 0.05) is 0 Å². The van der Waals surface area contributed by atoms with E-state index in [0.717, 1.165) is 23.7 Å². The molecule has 0 heteroatoms. The molecule has 0 amide bonds. The van der Waals surface area contributed by atoms with Gasteiger partial charge in [-0.05, 0) is 36.5 Å². The summed E-state index contributed by atoms with van der Waals surface area (Å²) in [5, 5.41) is 0. The fourth-order valence-corrected chi connectivity index (χ4v) is 2.56. The zero-order chi connectivity index (χ0) is 7.14. The molecule has 3 atom stereocenters.